The van der Waals surface area contributed by atoms with Gasteiger partial charge in [-0.05, 0) is 50.5 Å². The predicted molar refractivity (Wildman–Crippen MR) is 146 cm³/mol. The second-order valence-electron chi connectivity index (χ2n) is 8.41. The third-order valence-electron chi connectivity index (χ3n) is 5.20. The third kappa shape index (κ3) is 6.35. The second-order valence-corrected chi connectivity index (χ2v) is 10.1. The lowest BCUT2D eigenvalue weighted by molar-refractivity contribution is -0.116. The van der Waals surface area contributed by atoms with Gasteiger partial charge in [0, 0.05) is 17.4 Å². The minimum atomic E-state index is -4.11. The monoisotopic (exact) mass is 516 g/mol. The fourth-order valence-corrected chi connectivity index (χ4v) is 4.53. The van der Waals surface area contributed by atoms with Crippen LogP contribution in [-0.4, -0.2) is 64.8 Å². The zero-order valence-corrected chi connectivity index (χ0v) is 21.3. The van der Waals surface area contributed by atoms with E-state index in [9.17, 15) is 13.2 Å². The van der Waals surface area contributed by atoms with Crippen molar-refractivity contribution in [2.24, 2.45) is 0 Å². The van der Waals surface area contributed by atoms with Crippen molar-refractivity contribution in [3.05, 3.63) is 66.7 Å². The maximum Gasteiger partial charge on any atom is 0.263 e. The molecule has 188 valence electrons. The van der Waals surface area contributed by atoms with Gasteiger partial charge in [-0.2, -0.15) is 0 Å². The second kappa shape index (κ2) is 10.8. The number of para-hydroxylation sites is 2. The Bertz CT molecular complexity index is 1560. The summed E-state index contributed by atoms with van der Waals surface area (Å²) in [4.78, 5) is 22.8. The van der Waals surface area contributed by atoms with Gasteiger partial charge in [-0.25, -0.2) is 18.4 Å². The minimum absolute atomic E-state index is 0.0250. The SMILES string of the molecule is [B]c1ccc(OC)cc1Nc1nc2ccccc2nc1NS(=O)(=O)c1cccc(NC(=O)CN(C)C)c1. The summed E-state index contributed by atoms with van der Waals surface area (Å²) in [7, 11) is 7.06. The molecule has 0 aliphatic rings. The molecule has 1 heterocycles. The number of ether oxygens (including phenoxy) is 1. The van der Waals surface area contributed by atoms with Crippen molar-refractivity contribution in [1.29, 1.82) is 0 Å². The Morgan fingerprint density at radius 1 is 0.973 bits per heavy atom. The topological polar surface area (TPSA) is 126 Å². The Morgan fingerprint density at radius 3 is 2.35 bits per heavy atom. The van der Waals surface area contributed by atoms with Gasteiger partial charge in [0.05, 0.1) is 29.6 Å². The molecule has 0 aliphatic heterocycles. The summed E-state index contributed by atoms with van der Waals surface area (Å²) >= 11 is 0. The largest absolute Gasteiger partial charge is 0.497 e. The molecular formula is C25H25BN6O4S. The van der Waals surface area contributed by atoms with Crippen LogP contribution in [-0.2, 0) is 14.8 Å². The van der Waals surface area contributed by atoms with E-state index in [4.69, 9.17) is 12.6 Å². The summed E-state index contributed by atoms with van der Waals surface area (Å²) in [5, 5.41) is 5.77. The van der Waals surface area contributed by atoms with Crippen molar-refractivity contribution < 1.29 is 17.9 Å². The van der Waals surface area contributed by atoms with Crippen LogP contribution in [0.1, 0.15) is 0 Å². The molecule has 0 aliphatic carbocycles. The van der Waals surface area contributed by atoms with Gasteiger partial charge in [-0.15, -0.1) is 0 Å². The van der Waals surface area contributed by atoms with E-state index in [2.05, 4.69) is 25.3 Å². The molecule has 12 heteroatoms. The number of methoxy groups -OCH3 is 1. The van der Waals surface area contributed by atoms with Crippen molar-refractivity contribution in [2.45, 2.75) is 4.90 Å². The number of nitrogens with zero attached hydrogens (tertiary/aromatic N) is 3. The molecule has 3 aromatic carbocycles. The van der Waals surface area contributed by atoms with Crippen LogP contribution >= 0.6 is 0 Å². The van der Waals surface area contributed by atoms with Crippen LogP contribution in [0.2, 0.25) is 0 Å². The van der Waals surface area contributed by atoms with Gasteiger partial charge >= 0.3 is 0 Å². The number of benzene rings is 3. The number of likely N-dealkylation sites (N-methyl/N-ethyl adjacent to an activating group) is 1. The van der Waals surface area contributed by atoms with E-state index in [-0.39, 0.29) is 29.0 Å². The molecule has 37 heavy (non-hydrogen) atoms. The first kappa shape index (κ1) is 25.9. The van der Waals surface area contributed by atoms with E-state index in [1.807, 2.05) is 0 Å². The quantitative estimate of drug-likeness (QED) is 0.290. The number of aromatic nitrogens is 2. The van der Waals surface area contributed by atoms with Gasteiger partial charge in [0.1, 0.15) is 13.6 Å². The summed E-state index contributed by atoms with van der Waals surface area (Å²) < 4.78 is 34.5. The van der Waals surface area contributed by atoms with Gasteiger partial charge in [0.15, 0.2) is 11.6 Å². The molecule has 0 unspecified atom stereocenters. The van der Waals surface area contributed by atoms with Crippen LogP contribution in [0.25, 0.3) is 11.0 Å². The van der Waals surface area contributed by atoms with E-state index < -0.39 is 10.0 Å². The average molecular weight is 516 g/mol. The number of rotatable bonds is 9. The fraction of sp³-hybridized carbons (Fsp3) is 0.160. The molecule has 2 radical (unpaired) electrons. The lowest BCUT2D eigenvalue weighted by Crippen LogP contribution is -2.27. The van der Waals surface area contributed by atoms with Gasteiger partial charge in [-0.3, -0.25) is 9.52 Å². The van der Waals surface area contributed by atoms with E-state index in [0.717, 1.165) is 0 Å². The zero-order valence-electron chi connectivity index (χ0n) is 20.5. The summed E-state index contributed by atoms with van der Waals surface area (Å²) in [6.07, 6.45) is 0. The predicted octanol–water partition coefficient (Wildman–Crippen LogP) is 2.48. The Kier molecular flexibility index (Phi) is 7.60. The van der Waals surface area contributed by atoms with E-state index in [0.29, 0.717) is 33.6 Å². The molecular weight excluding hydrogens is 491 g/mol. The number of carbonyl (C=O) groups is 1. The molecule has 1 amide bonds. The number of carbonyl (C=O) groups excluding carboxylic acids is 1. The van der Waals surface area contributed by atoms with Crippen LogP contribution < -0.4 is 25.6 Å². The van der Waals surface area contributed by atoms with Crippen LogP contribution in [0.4, 0.5) is 23.0 Å². The highest BCUT2D eigenvalue weighted by Gasteiger charge is 2.20. The number of fused-ring (bicyclic) bond motifs is 1. The molecule has 4 aromatic rings. The van der Waals surface area contributed by atoms with E-state index in [1.165, 1.54) is 19.2 Å². The molecule has 4 rings (SSSR count). The van der Waals surface area contributed by atoms with Crippen LogP contribution in [0.15, 0.2) is 71.6 Å². The van der Waals surface area contributed by atoms with Crippen molar-refractivity contribution in [1.82, 2.24) is 14.9 Å². The number of anilines is 4. The summed E-state index contributed by atoms with van der Waals surface area (Å²) in [5.74, 6) is 0.414. The third-order valence-corrected chi connectivity index (χ3v) is 6.54. The summed E-state index contributed by atoms with van der Waals surface area (Å²) in [6.45, 7) is 0.157. The van der Waals surface area contributed by atoms with Gasteiger partial charge in [0.25, 0.3) is 10.0 Å². The highest BCUT2D eigenvalue weighted by Crippen LogP contribution is 2.28. The number of nitrogens with one attached hydrogen (secondary N) is 3. The van der Waals surface area contributed by atoms with E-state index >= 15 is 0 Å². The Labute approximate surface area is 216 Å². The van der Waals surface area contributed by atoms with Gasteiger partial charge in [0.2, 0.25) is 5.91 Å². The highest BCUT2D eigenvalue weighted by molar-refractivity contribution is 7.92. The van der Waals surface area contributed by atoms with Crippen molar-refractivity contribution >= 4 is 63.3 Å². The molecule has 0 fully saturated rings. The summed E-state index contributed by atoms with van der Waals surface area (Å²) in [5.41, 5.74) is 2.27. The maximum atomic E-state index is 13.4. The molecule has 3 N–H and O–H groups in total. The van der Waals surface area contributed by atoms with Crippen molar-refractivity contribution in [3.63, 3.8) is 0 Å². The smallest absolute Gasteiger partial charge is 0.263 e. The number of hydrogen-bond donors (Lipinski definition) is 3. The molecule has 1 aromatic heterocycles. The molecule has 0 bridgehead atoms. The van der Waals surface area contributed by atoms with Gasteiger partial charge < -0.3 is 20.3 Å². The Morgan fingerprint density at radius 2 is 1.68 bits per heavy atom. The highest BCUT2D eigenvalue weighted by atomic mass is 32.2. The van der Waals surface area contributed by atoms with Crippen LogP contribution in [0.3, 0.4) is 0 Å². The molecule has 10 nitrogen and oxygen atoms in total. The first-order chi connectivity index (χ1) is 17.6. The standard InChI is InChI=1S/C25H25BN6O4S/c1-32(2)15-23(33)27-16-7-6-8-18(13-16)37(34,35)31-25-24(28-20-9-4-5-10-21(20)29-25)30-22-14-17(36-3)11-12-19(22)26/h4-14H,15H2,1-3H3,(H,27,33)(H,28,30)(H,29,31). The van der Waals surface area contributed by atoms with Crippen LogP contribution in [0, 0.1) is 0 Å². The van der Waals surface area contributed by atoms with Crippen molar-refractivity contribution in [2.75, 3.05) is 43.1 Å². The summed E-state index contributed by atoms with van der Waals surface area (Å²) in [6, 6.07) is 18.1. The maximum absolute atomic E-state index is 13.4. The molecule has 0 atom stereocenters. The number of hydrogen-bond acceptors (Lipinski definition) is 8. The Balaban J connectivity index is 1.70. The lowest BCUT2D eigenvalue weighted by atomic mass is 9.94. The number of amides is 1. The van der Waals surface area contributed by atoms with Gasteiger partial charge in [-0.1, -0.05) is 29.7 Å². The number of sulfonamides is 1. The average Bonchev–Trinajstić information content (AvgIpc) is 2.85. The lowest BCUT2D eigenvalue weighted by Gasteiger charge is -2.16. The normalized spacial score (nSPS) is 11.4. The fourth-order valence-electron chi connectivity index (χ4n) is 3.47. The Hall–Kier alpha value is -4.16. The molecule has 0 spiro atoms. The first-order valence-corrected chi connectivity index (χ1v) is 12.7. The zero-order chi connectivity index (χ0) is 26.6. The van der Waals surface area contributed by atoms with Crippen molar-refractivity contribution in [3.8, 4) is 5.75 Å². The van der Waals surface area contributed by atoms with E-state index in [1.54, 1.807) is 73.6 Å². The molecule has 0 saturated heterocycles. The minimum Gasteiger partial charge on any atom is -0.497 e. The van der Waals surface area contributed by atoms with Crippen LogP contribution in [0.5, 0.6) is 5.75 Å². The first-order valence-electron chi connectivity index (χ1n) is 11.2. The molecule has 0 saturated carbocycles.